The van der Waals surface area contributed by atoms with E-state index in [1.807, 2.05) is 0 Å². The van der Waals surface area contributed by atoms with Crippen LogP contribution in [0.4, 0.5) is 18.9 Å². The number of pyridine rings is 1. The Morgan fingerprint density at radius 3 is 2.35 bits per heavy atom. The van der Waals surface area contributed by atoms with E-state index in [0.717, 1.165) is 6.20 Å². The number of alkyl halides is 3. The second kappa shape index (κ2) is 5.62. The predicted octanol–water partition coefficient (Wildman–Crippen LogP) is 4.01. The molecule has 0 saturated carbocycles. The molecule has 0 aliphatic carbocycles. The van der Waals surface area contributed by atoms with E-state index < -0.39 is 12.2 Å². The third-order valence-electron chi connectivity index (χ3n) is 2.42. The van der Waals surface area contributed by atoms with E-state index in [1.54, 1.807) is 6.07 Å². The number of anilines is 1. The van der Waals surface area contributed by atoms with Gasteiger partial charge in [-0.3, -0.25) is 9.78 Å². The second-order valence-electron chi connectivity index (χ2n) is 3.84. The fourth-order valence-corrected chi connectivity index (χ4v) is 1.98. The van der Waals surface area contributed by atoms with Gasteiger partial charge in [-0.05, 0) is 34.1 Å². The van der Waals surface area contributed by atoms with Gasteiger partial charge in [0.25, 0.3) is 5.91 Å². The van der Waals surface area contributed by atoms with Crippen LogP contribution in [-0.2, 0) is 0 Å². The van der Waals surface area contributed by atoms with Crippen molar-refractivity contribution in [3.63, 3.8) is 0 Å². The predicted molar refractivity (Wildman–Crippen MR) is 71.2 cm³/mol. The Morgan fingerprint density at radius 1 is 1.15 bits per heavy atom. The van der Waals surface area contributed by atoms with E-state index in [4.69, 9.17) is 0 Å². The lowest BCUT2D eigenvalue weighted by molar-refractivity contribution is -0.122. The molecule has 0 atom stereocenters. The van der Waals surface area contributed by atoms with Crippen molar-refractivity contribution in [1.82, 2.24) is 4.98 Å². The Hall–Kier alpha value is -1.89. The first-order chi connectivity index (χ1) is 9.39. The van der Waals surface area contributed by atoms with Gasteiger partial charge < -0.3 is 0 Å². The highest BCUT2D eigenvalue weighted by Gasteiger charge is 2.42. The molecule has 0 saturated heterocycles. The molecule has 2 aromatic rings. The molecule has 104 valence electrons. The largest absolute Gasteiger partial charge is 0.491 e. The zero-order valence-corrected chi connectivity index (χ0v) is 11.5. The van der Waals surface area contributed by atoms with Crippen LogP contribution < -0.4 is 4.90 Å². The van der Waals surface area contributed by atoms with Crippen molar-refractivity contribution in [3.05, 3.63) is 58.8 Å². The van der Waals surface area contributed by atoms with Crippen molar-refractivity contribution in [3.8, 4) is 0 Å². The minimum Gasteiger partial charge on any atom is -0.268 e. The van der Waals surface area contributed by atoms with E-state index in [2.05, 4.69) is 20.9 Å². The van der Waals surface area contributed by atoms with Crippen molar-refractivity contribution in [2.24, 2.45) is 0 Å². The minimum absolute atomic E-state index is 0.152. The zero-order valence-electron chi connectivity index (χ0n) is 9.93. The number of hydrogen-bond donors (Lipinski definition) is 0. The molecule has 1 amide bonds. The molecule has 0 aliphatic rings. The number of para-hydroxylation sites is 1. The van der Waals surface area contributed by atoms with Crippen LogP contribution in [0.15, 0.2) is 53.3 Å². The molecule has 0 aliphatic heterocycles. The number of rotatable bonds is 2. The molecule has 2 rings (SSSR count). The number of benzene rings is 1. The first-order valence-electron chi connectivity index (χ1n) is 5.46. The molecule has 1 aromatic heterocycles. The van der Waals surface area contributed by atoms with Gasteiger partial charge in [-0.1, -0.05) is 18.2 Å². The molecule has 0 spiro atoms. The van der Waals surface area contributed by atoms with E-state index in [0.29, 0.717) is 4.47 Å². The van der Waals surface area contributed by atoms with Crippen molar-refractivity contribution < 1.29 is 18.0 Å². The van der Waals surface area contributed by atoms with Gasteiger partial charge in [0.2, 0.25) is 0 Å². The number of carbonyl (C=O) groups is 1. The molecule has 20 heavy (non-hydrogen) atoms. The van der Waals surface area contributed by atoms with E-state index in [9.17, 15) is 18.0 Å². The van der Waals surface area contributed by atoms with Crippen LogP contribution in [0.3, 0.4) is 0 Å². The smallest absolute Gasteiger partial charge is 0.268 e. The van der Waals surface area contributed by atoms with Gasteiger partial charge in [0.05, 0.1) is 11.3 Å². The standard InChI is InChI=1S/C13H8BrF3N2O/c14-10-6-9(7-18-8-10)12(20)19(13(15,16)17)11-4-2-1-3-5-11/h1-8H. The lowest BCUT2D eigenvalue weighted by Crippen LogP contribution is -2.43. The summed E-state index contributed by atoms with van der Waals surface area (Å²) in [5.41, 5.74) is -0.398. The Bertz CT molecular complexity index is 617. The van der Waals surface area contributed by atoms with Gasteiger partial charge in [0.15, 0.2) is 0 Å². The topological polar surface area (TPSA) is 33.2 Å². The summed E-state index contributed by atoms with van der Waals surface area (Å²) in [6.45, 7) is 0. The molecular weight excluding hydrogens is 337 g/mol. The van der Waals surface area contributed by atoms with Crippen LogP contribution in [0.25, 0.3) is 0 Å². The van der Waals surface area contributed by atoms with Crippen LogP contribution in [-0.4, -0.2) is 17.2 Å². The Kier molecular flexibility index (Phi) is 4.08. The van der Waals surface area contributed by atoms with Gasteiger partial charge in [0.1, 0.15) is 0 Å². The van der Waals surface area contributed by atoms with E-state index >= 15 is 0 Å². The maximum atomic E-state index is 13.1. The van der Waals surface area contributed by atoms with Crippen molar-refractivity contribution in [2.75, 3.05) is 4.90 Å². The van der Waals surface area contributed by atoms with Gasteiger partial charge in [-0.25, -0.2) is 4.90 Å². The molecule has 3 nitrogen and oxygen atoms in total. The van der Waals surface area contributed by atoms with Crippen LogP contribution >= 0.6 is 15.9 Å². The Morgan fingerprint density at radius 2 is 1.80 bits per heavy atom. The monoisotopic (exact) mass is 344 g/mol. The molecule has 1 aromatic carbocycles. The Labute approximate surface area is 121 Å². The molecule has 0 radical (unpaired) electrons. The molecule has 0 unspecified atom stereocenters. The summed E-state index contributed by atoms with van der Waals surface area (Å²) in [6.07, 6.45) is -2.34. The second-order valence-corrected chi connectivity index (χ2v) is 4.75. The van der Waals surface area contributed by atoms with Gasteiger partial charge in [0, 0.05) is 16.9 Å². The van der Waals surface area contributed by atoms with Crippen LogP contribution in [0.5, 0.6) is 0 Å². The Balaban J connectivity index is 2.46. The lowest BCUT2D eigenvalue weighted by atomic mass is 10.2. The van der Waals surface area contributed by atoms with E-state index in [1.165, 1.54) is 36.5 Å². The summed E-state index contributed by atoms with van der Waals surface area (Å²) >= 11 is 3.07. The fraction of sp³-hybridized carbons (Fsp3) is 0.0769. The van der Waals surface area contributed by atoms with Gasteiger partial charge >= 0.3 is 6.30 Å². The first-order valence-corrected chi connectivity index (χ1v) is 6.26. The zero-order chi connectivity index (χ0) is 14.8. The van der Waals surface area contributed by atoms with Crippen molar-refractivity contribution in [1.29, 1.82) is 0 Å². The number of amides is 1. The highest BCUT2D eigenvalue weighted by Crippen LogP contribution is 2.30. The molecule has 7 heteroatoms. The van der Waals surface area contributed by atoms with Crippen molar-refractivity contribution >= 4 is 27.5 Å². The number of carbonyl (C=O) groups excluding carboxylic acids is 1. The summed E-state index contributed by atoms with van der Waals surface area (Å²) < 4.78 is 39.8. The normalized spacial score (nSPS) is 11.2. The van der Waals surface area contributed by atoms with Crippen LogP contribution in [0.2, 0.25) is 0 Å². The third-order valence-corrected chi connectivity index (χ3v) is 2.86. The maximum absolute atomic E-state index is 13.1. The van der Waals surface area contributed by atoms with Gasteiger partial charge in [-0.2, -0.15) is 0 Å². The molecule has 1 heterocycles. The number of halogens is 4. The third kappa shape index (κ3) is 3.16. The quantitative estimate of drug-likeness (QED) is 0.771. The fourth-order valence-electron chi connectivity index (χ4n) is 1.61. The van der Waals surface area contributed by atoms with E-state index in [-0.39, 0.29) is 16.2 Å². The molecule has 0 bridgehead atoms. The first kappa shape index (κ1) is 14.5. The van der Waals surface area contributed by atoms with Crippen LogP contribution in [0, 0.1) is 0 Å². The number of nitrogens with zero attached hydrogens (tertiary/aromatic N) is 2. The summed E-state index contributed by atoms with van der Waals surface area (Å²) in [5, 5.41) is 0. The summed E-state index contributed by atoms with van der Waals surface area (Å²) in [5.74, 6) is -1.18. The maximum Gasteiger partial charge on any atom is 0.491 e. The highest BCUT2D eigenvalue weighted by atomic mass is 79.9. The average Bonchev–Trinajstić information content (AvgIpc) is 2.38. The highest BCUT2D eigenvalue weighted by molar-refractivity contribution is 9.10. The molecule has 0 fully saturated rings. The molecule has 0 N–H and O–H groups in total. The average molecular weight is 345 g/mol. The van der Waals surface area contributed by atoms with Gasteiger partial charge in [-0.15, -0.1) is 13.2 Å². The lowest BCUT2D eigenvalue weighted by Gasteiger charge is -2.25. The summed E-state index contributed by atoms with van der Waals surface area (Å²) in [6, 6.07) is 8.16. The number of aromatic nitrogens is 1. The molecular formula is C13H8BrF3N2O. The summed E-state index contributed by atoms with van der Waals surface area (Å²) in [4.78, 5) is 15.6. The van der Waals surface area contributed by atoms with Crippen LogP contribution in [0.1, 0.15) is 10.4 Å². The number of hydrogen-bond acceptors (Lipinski definition) is 2. The minimum atomic E-state index is -4.82. The SMILES string of the molecule is O=C(c1cncc(Br)c1)N(c1ccccc1)C(F)(F)F. The summed E-state index contributed by atoms with van der Waals surface area (Å²) in [7, 11) is 0. The van der Waals surface area contributed by atoms with Crippen molar-refractivity contribution in [2.45, 2.75) is 6.30 Å².